The van der Waals surface area contributed by atoms with Crippen LogP contribution in [0.15, 0.2) is 12.3 Å². The number of nitrogens with one attached hydrogen (secondary N) is 1. The molecule has 0 radical (unpaired) electrons. The summed E-state index contributed by atoms with van der Waals surface area (Å²) in [6.45, 7) is 1.66. The van der Waals surface area contributed by atoms with Gasteiger partial charge in [0.05, 0.1) is 12.2 Å². The largest absolute Gasteiger partial charge is 0.478 e. The number of halogens is 1. The van der Waals surface area contributed by atoms with E-state index < -0.39 is 11.8 Å². The average molecular weight is 208 g/mol. The Balaban J connectivity index is 3.07. The predicted octanol–water partition coefficient (Wildman–Crippen LogP) is 1.35. The highest BCUT2D eigenvalue weighted by molar-refractivity contribution is 5.93. The van der Waals surface area contributed by atoms with Crippen molar-refractivity contribution in [3.8, 4) is 12.3 Å². The number of carbonyl (C=O) groups is 1. The molecule has 15 heavy (non-hydrogen) atoms. The lowest BCUT2D eigenvalue weighted by Crippen LogP contribution is -2.16. The zero-order chi connectivity index (χ0) is 11.4. The van der Waals surface area contributed by atoms with Crippen LogP contribution in [0.3, 0.4) is 0 Å². The Bertz CT molecular complexity index is 426. The fourth-order valence-electron chi connectivity index (χ4n) is 0.964. The van der Waals surface area contributed by atoms with Crippen LogP contribution in [0.1, 0.15) is 17.3 Å². The number of rotatable bonds is 3. The summed E-state index contributed by atoms with van der Waals surface area (Å²) in [6, 6.07) is 0.516. The molecule has 0 bridgehead atoms. The van der Waals surface area contributed by atoms with Gasteiger partial charge in [-0.05, 0) is 13.0 Å². The third-order valence-corrected chi connectivity index (χ3v) is 1.69. The molecule has 0 saturated heterocycles. The van der Waals surface area contributed by atoms with Gasteiger partial charge in [-0.2, -0.15) is 0 Å². The summed E-state index contributed by atoms with van der Waals surface area (Å²) in [7, 11) is 0. The van der Waals surface area contributed by atoms with Crippen molar-refractivity contribution in [3.05, 3.63) is 23.6 Å². The van der Waals surface area contributed by atoms with E-state index in [0.29, 0.717) is 0 Å². The fraction of sp³-hybridized carbons (Fsp3) is 0.200. The summed E-state index contributed by atoms with van der Waals surface area (Å²) in [4.78, 5) is 14.4. The second-order valence-electron chi connectivity index (χ2n) is 2.89. The summed E-state index contributed by atoms with van der Waals surface area (Å²) in [5, 5.41) is 11.5. The highest BCUT2D eigenvalue weighted by atomic mass is 19.1. The molecule has 1 aromatic heterocycles. The maximum absolute atomic E-state index is 12.7. The molecule has 1 aromatic rings. The number of pyridine rings is 1. The van der Waals surface area contributed by atoms with E-state index in [2.05, 4.69) is 16.2 Å². The highest BCUT2D eigenvalue weighted by Gasteiger charge is 2.13. The van der Waals surface area contributed by atoms with Crippen LogP contribution in [0.2, 0.25) is 0 Å². The molecule has 4 nitrogen and oxygen atoms in total. The topological polar surface area (TPSA) is 62.2 Å². The number of carboxylic acid groups (broad SMARTS) is 1. The van der Waals surface area contributed by atoms with Gasteiger partial charge in [-0.3, -0.25) is 0 Å². The normalized spacial score (nSPS) is 11.5. The molecule has 0 saturated carbocycles. The van der Waals surface area contributed by atoms with Crippen molar-refractivity contribution < 1.29 is 14.3 Å². The van der Waals surface area contributed by atoms with Crippen LogP contribution in [0.5, 0.6) is 0 Å². The fourth-order valence-corrected chi connectivity index (χ4v) is 0.964. The van der Waals surface area contributed by atoms with Crippen LogP contribution in [0.4, 0.5) is 10.2 Å². The molecule has 0 aromatic carbocycles. The summed E-state index contributed by atoms with van der Waals surface area (Å²) < 4.78 is 12.7. The molecule has 78 valence electrons. The molecule has 0 amide bonds. The molecular formula is C10H9FN2O2. The van der Waals surface area contributed by atoms with Gasteiger partial charge in [-0.15, -0.1) is 6.42 Å². The minimum absolute atomic E-state index is 0.0642. The Morgan fingerprint density at radius 3 is 3.00 bits per heavy atom. The van der Waals surface area contributed by atoms with Crippen molar-refractivity contribution in [3.63, 3.8) is 0 Å². The zero-order valence-corrected chi connectivity index (χ0v) is 7.99. The highest BCUT2D eigenvalue weighted by Crippen LogP contribution is 2.14. The molecule has 0 aliphatic heterocycles. The van der Waals surface area contributed by atoms with Gasteiger partial charge in [0.15, 0.2) is 0 Å². The van der Waals surface area contributed by atoms with Crippen LogP contribution in [0, 0.1) is 18.2 Å². The molecule has 2 N–H and O–H groups in total. The zero-order valence-electron chi connectivity index (χ0n) is 7.99. The van der Waals surface area contributed by atoms with Gasteiger partial charge >= 0.3 is 5.97 Å². The predicted molar refractivity (Wildman–Crippen MR) is 53.1 cm³/mol. The van der Waals surface area contributed by atoms with Gasteiger partial charge < -0.3 is 10.4 Å². The number of nitrogens with zero attached hydrogens (tertiary/aromatic N) is 1. The monoisotopic (exact) mass is 208 g/mol. The summed E-state index contributed by atoms with van der Waals surface area (Å²) >= 11 is 0. The van der Waals surface area contributed by atoms with E-state index in [1.165, 1.54) is 0 Å². The number of hydrogen-bond donors (Lipinski definition) is 2. The van der Waals surface area contributed by atoms with Crippen molar-refractivity contribution in [1.29, 1.82) is 0 Å². The van der Waals surface area contributed by atoms with E-state index in [0.717, 1.165) is 12.3 Å². The average Bonchev–Trinajstić information content (AvgIpc) is 2.20. The first-order valence-corrected chi connectivity index (χ1v) is 4.16. The maximum Gasteiger partial charge on any atom is 0.339 e. The van der Waals surface area contributed by atoms with Gasteiger partial charge in [0.2, 0.25) is 0 Å². The minimum Gasteiger partial charge on any atom is -0.478 e. The van der Waals surface area contributed by atoms with Crippen LogP contribution in [-0.4, -0.2) is 22.1 Å². The summed E-state index contributed by atoms with van der Waals surface area (Å²) in [5.41, 5.74) is -0.239. The molecule has 1 rings (SSSR count). The van der Waals surface area contributed by atoms with E-state index in [9.17, 15) is 9.18 Å². The Morgan fingerprint density at radius 2 is 2.47 bits per heavy atom. The van der Waals surface area contributed by atoms with Gasteiger partial charge in [0.1, 0.15) is 17.2 Å². The lowest BCUT2D eigenvalue weighted by atomic mass is 10.2. The van der Waals surface area contributed by atoms with Gasteiger partial charge in [-0.25, -0.2) is 14.2 Å². The summed E-state index contributed by atoms with van der Waals surface area (Å²) in [5.74, 6) is 0.462. The Morgan fingerprint density at radius 1 is 1.80 bits per heavy atom. The van der Waals surface area contributed by atoms with Gasteiger partial charge in [0.25, 0.3) is 0 Å². The van der Waals surface area contributed by atoms with E-state index >= 15 is 0 Å². The molecule has 0 fully saturated rings. The van der Waals surface area contributed by atoms with Gasteiger partial charge in [0, 0.05) is 0 Å². The van der Waals surface area contributed by atoms with Crippen LogP contribution >= 0.6 is 0 Å². The second-order valence-corrected chi connectivity index (χ2v) is 2.89. The first-order chi connectivity index (χ1) is 7.04. The molecule has 1 unspecified atom stereocenters. The van der Waals surface area contributed by atoms with E-state index in [4.69, 9.17) is 11.5 Å². The van der Waals surface area contributed by atoms with Crippen LogP contribution in [0.25, 0.3) is 0 Å². The standard InChI is InChI=1S/C10H9FN2O2/c1-3-6(2)13-9-8(10(14)15)4-7(11)5-12-9/h1,4-6H,2H3,(H,12,13)(H,14,15). The van der Waals surface area contributed by atoms with Gasteiger partial charge in [-0.1, -0.05) is 5.92 Å². The second kappa shape index (κ2) is 4.42. The first-order valence-electron chi connectivity index (χ1n) is 4.16. The van der Waals surface area contributed by atoms with Crippen molar-refractivity contribution in [1.82, 2.24) is 4.98 Å². The number of carboxylic acids is 1. The lowest BCUT2D eigenvalue weighted by Gasteiger charge is -2.10. The Labute approximate surface area is 86.1 Å². The molecule has 5 heteroatoms. The molecule has 0 spiro atoms. The number of terminal acetylenes is 1. The third kappa shape index (κ3) is 2.68. The number of anilines is 1. The minimum atomic E-state index is -1.26. The third-order valence-electron chi connectivity index (χ3n) is 1.69. The smallest absolute Gasteiger partial charge is 0.339 e. The lowest BCUT2D eigenvalue weighted by molar-refractivity contribution is 0.0697. The van der Waals surface area contributed by atoms with Crippen molar-refractivity contribution in [2.24, 2.45) is 0 Å². The van der Waals surface area contributed by atoms with E-state index in [-0.39, 0.29) is 17.4 Å². The molecule has 0 aliphatic carbocycles. The molecule has 0 aliphatic rings. The Hall–Kier alpha value is -2.09. The molecule has 1 heterocycles. The van der Waals surface area contributed by atoms with E-state index in [1.54, 1.807) is 6.92 Å². The number of aromatic carboxylic acids is 1. The first kappa shape index (κ1) is 11.0. The Kier molecular flexibility index (Phi) is 3.24. The molecular weight excluding hydrogens is 199 g/mol. The molecule has 1 atom stereocenters. The van der Waals surface area contributed by atoms with Crippen molar-refractivity contribution >= 4 is 11.8 Å². The number of hydrogen-bond acceptors (Lipinski definition) is 3. The van der Waals surface area contributed by atoms with E-state index in [1.807, 2.05) is 0 Å². The maximum atomic E-state index is 12.7. The van der Waals surface area contributed by atoms with Crippen LogP contribution < -0.4 is 5.32 Å². The SMILES string of the molecule is C#CC(C)Nc1ncc(F)cc1C(=O)O. The quantitative estimate of drug-likeness (QED) is 0.736. The van der Waals surface area contributed by atoms with Crippen molar-refractivity contribution in [2.75, 3.05) is 5.32 Å². The summed E-state index contributed by atoms with van der Waals surface area (Å²) in [6.07, 6.45) is 6.04. The van der Waals surface area contributed by atoms with Crippen LogP contribution in [-0.2, 0) is 0 Å². The number of aromatic nitrogens is 1. The van der Waals surface area contributed by atoms with Crippen molar-refractivity contribution in [2.45, 2.75) is 13.0 Å².